The molecule has 2 amide bonds. The molecule has 1 fully saturated rings. The highest BCUT2D eigenvalue weighted by Gasteiger charge is 2.23. The van der Waals surface area contributed by atoms with Crippen molar-refractivity contribution in [3.8, 4) is 0 Å². The molecule has 0 saturated carbocycles. The summed E-state index contributed by atoms with van der Waals surface area (Å²) in [5.41, 5.74) is 3.94. The molecule has 5 nitrogen and oxygen atoms in total. The predicted molar refractivity (Wildman–Crippen MR) is 109 cm³/mol. The quantitative estimate of drug-likeness (QED) is 0.817. The Morgan fingerprint density at radius 3 is 2.44 bits per heavy atom. The van der Waals surface area contributed by atoms with Crippen LogP contribution in [0.2, 0.25) is 5.02 Å². The van der Waals surface area contributed by atoms with E-state index in [0.717, 1.165) is 35.6 Å². The number of carbonyl (C=O) groups excluding carboxylic acids is 2. The third-order valence-electron chi connectivity index (χ3n) is 4.77. The second-order valence-electron chi connectivity index (χ2n) is 6.89. The summed E-state index contributed by atoms with van der Waals surface area (Å²) < 4.78 is 0. The topological polar surface area (TPSA) is 52.7 Å². The molecule has 6 heteroatoms. The number of nitrogens with zero attached hydrogens (tertiary/aromatic N) is 2. The molecule has 2 aromatic carbocycles. The Balaban J connectivity index is 1.51. The van der Waals surface area contributed by atoms with Crippen LogP contribution in [-0.2, 0) is 9.59 Å². The van der Waals surface area contributed by atoms with Crippen molar-refractivity contribution in [1.82, 2.24) is 4.90 Å². The lowest BCUT2D eigenvalue weighted by Crippen LogP contribution is -2.49. The summed E-state index contributed by atoms with van der Waals surface area (Å²) in [6, 6.07) is 13.5. The number of hydrogen-bond acceptors (Lipinski definition) is 3. The van der Waals surface area contributed by atoms with Gasteiger partial charge in [-0.15, -0.1) is 0 Å². The lowest BCUT2D eigenvalue weighted by molar-refractivity contribution is -0.134. The van der Waals surface area contributed by atoms with Crippen molar-refractivity contribution in [3.63, 3.8) is 0 Å². The van der Waals surface area contributed by atoms with Crippen molar-refractivity contribution in [2.24, 2.45) is 0 Å². The maximum atomic E-state index is 12.5. The van der Waals surface area contributed by atoms with Crippen LogP contribution < -0.4 is 10.2 Å². The van der Waals surface area contributed by atoms with E-state index in [2.05, 4.69) is 10.2 Å². The van der Waals surface area contributed by atoms with E-state index in [1.165, 1.54) is 0 Å². The highest BCUT2D eigenvalue weighted by molar-refractivity contribution is 6.30. The van der Waals surface area contributed by atoms with Crippen LogP contribution in [0.3, 0.4) is 0 Å². The number of benzene rings is 2. The van der Waals surface area contributed by atoms with E-state index in [9.17, 15) is 9.59 Å². The van der Waals surface area contributed by atoms with Crippen molar-refractivity contribution in [3.05, 3.63) is 58.6 Å². The van der Waals surface area contributed by atoms with Gasteiger partial charge in [-0.1, -0.05) is 35.4 Å². The van der Waals surface area contributed by atoms with E-state index < -0.39 is 0 Å². The maximum Gasteiger partial charge on any atom is 0.233 e. The van der Waals surface area contributed by atoms with Gasteiger partial charge < -0.3 is 15.1 Å². The van der Waals surface area contributed by atoms with Gasteiger partial charge in [0.1, 0.15) is 6.42 Å². The molecular weight excluding hydrogens is 362 g/mol. The molecule has 3 rings (SSSR count). The van der Waals surface area contributed by atoms with Gasteiger partial charge in [0.05, 0.1) is 0 Å². The van der Waals surface area contributed by atoms with E-state index in [-0.39, 0.29) is 18.2 Å². The number of hydrogen-bond donors (Lipinski definition) is 1. The van der Waals surface area contributed by atoms with Gasteiger partial charge in [-0.3, -0.25) is 9.59 Å². The molecule has 0 aliphatic carbocycles. The third-order valence-corrected chi connectivity index (χ3v) is 5.01. The average molecular weight is 386 g/mol. The van der Waals surface area contributed by atoms with E-state index in [4.69, 9.17) is 11.6 Å². The molecule has 27 heavy (non-hydrogen) atoms. The normalized spacial score (nSPS) is 14.2. The Bertz CT molecular complexity index is 845. The summed E-state index contributed by atoms with van der Waals surface area (Å²) in [6.45, 7) is 6.60. The Labute approximate surface area is 164 Å². The van der Waals surface area contributed by atoms with Crippen molar-refractivity contribution < 1.29 is 9.59 Å². The van der Waals surface area contributed by atoms with Gasteiger partial charge >= 0.3 is 0 Å². The molecular formula is C21H24ClN3O2. The Morgan fingerprint density at radius 2 is 1.78 bits per heavy atom. The molecule has 1 saturated heterocycles. The van der Waals surface area contributed by atoms with Crippen molar-refractivity contribution >= 4 is 34.8 Å². The average Bonchev–Trinajstić information content (AvgIpc) is 2.64. The molecule has 0 atom stereocenters. The summed E-state index contributed by atoms with van der Waals surface area (Å²) in [6.07, 6.45) is -0.134. The SMILES string of the molecule is Cc1ccc(NC(=O)CC(=O)N2CCN(c3cccc(Cl)c3)CC2)c(C)c1. The van der Waals surface area contributed by atoms with Gasteiger partial charge in [0.25, 0.3) is 0 Å². The van der Waals surface area contributed by atoms with Crippen LogP contribution in [-0.4, -0.2) is 42.9 Å². The first-order valence-corrected chi connectivity index (χ1v) is 9.45. The minimum Gasteiger partial charge on any atom is -0.368 e. The van der Waals surface area contributed by atoms with Crippen molar-refractivity contribution in [1.29, 1.82) is 0 Å². The number of carbonyl (C=O) groups is 2. The van der Waals surface area contributed by atoms with Gasteiger partial charge in [0.15, 0.2) is 0 Å². The highest BCUT2D eigenvalue weighted by Crippen LogP contribution is 2.21. The molecule has 0 aromatic heterocycles. The van der Waals surface area contributed by atoms with Gasteiger partial charge in [0, 0.05) is 42.6 Å². The molecule has 1 aliphatic heterocycles. The molecule has 2 aromatic rings. The molecule has 1 heterocycles. The van der Waals surface area contributed by atoms with Crippen LogP contribution in [0, 0.1) is 13.8 Å². The molecule has 0 unspecified atom stereocenters. The largest absolute Gasteiger partial charge is 0.368 e. The minimum absolute atomic E-state index is 0.134. The molecule has 0 spiro atoms. The Kier molecular flexibility index (Phi) is 6.01. The van der Waals surface area contributed by atoms with Crippen LogP contribution >= 0.6 is 11.6 Å². The second-order valence-corrected chi connectivity index (χ2v) is 7.33. The Hall–Kier alpha value is -2.53. The van der Waals surface area contributed by atoms with Crippen LogP contribution in [0.5, 0.6) is 0 Å². The van der Waals surface area contributed by atoms with Crippen molar-refractivity contribution in [2.45, 2.75) is 20.3 Å². The number of anilines is 2. The fourth-order valence-electron chi connectivity index (χ4n) is 3.28. The number of piperazine rings is 1. The summed E-state index contributed by atoms with van der Waals surface area (Å²) in [7, 11) is 0. The molecule has 1 aliphatic rings. The van der Waals surface area contributed by atoms with Gasteiger partial charge in [0.2, 0.25) is 11.8 Å². The summed E-state index contributed by atoms with van der Waals surface area (Å²) in [5, 5.41) is 3.54. The van der Waals surface area contributed by atoms with Gasteiger partial charge in [-0.2, -0.15) is 0 Å². The smallest absolute Gasteiger partial charge is 0.233 e. The number of nitrogens with one attached hydrogen (secondary N) is 1. The van der Waals surface area contributed by atoms with Crippen molar-refractivity contribution in [2.75, 3.05) is 36.4 Å². The van der Waals surface area contributed by atoms with E-state index >= 15 is 0 Å². The van der Waals surface area contributed by atoms with E-state index in [1.54, 1.807) is 4.90 Å². The first-order valence-electron chi connectivity index (χ1n) is 9.08. The monoisotopic (exact) mass is 385 g/mol. The van der Waals surface area contributed by atoms with Crippen LogP contribution in [0.15, 0.2) is 42.5 Å². The summed E-state index contributed by atoms with van der Waals surface area (Å²) in [4.78, 5) is 28.7. The van der Waals surface area contributed by atoms with Crippen LogP contribution in [0.4, 0.5) is 11.4 Å². The standard InChI is InChI=1S/C21H24ClN3O2/c1-15-6-7-19(16(2)12-15)23-20(26)14-21(27)25-10-8-24(9-11-25)18-5-3-4-17(22)13-18/h3-7,12-13H,8-11,14H2,1-2H3,(H,23,26). The fourth-order valence-corrected chi connectivity index (χ4v) is 3.47. The Morgan fingerprint density at radius 1 is 1.04 bits per heavy atom. The first-order chi connectivity index (χ1) is 12.9. The zero-order valence-electron chi connectivity index (χ0n) is 15.7. The van der Waals surface area contributed by atoms with E-state index in [1.807, 2.05) is 56.3 Å². The highest BCUT2D eigenvalue weighted by atomic mass is 35.5. The van der Waals surface area contributed by atoms with E-state index in [0.29, 0.717) is 18.1 Å². The number of halogens is 1. The fraction of sp³-hybridized carbons (Fsp3) is 0.333. The van der Waals surface area contributed by atoms with Gasteiger partial charge in [-0.05, 0) is 43.7 Å². The molecule has 1 N–H and O–H groups in total. The summed E-state index contributed by atoms with van der Waals surface area (Å²) >= 11 is 6.05. The number of aryl methyl sites for hydroxylation is 2. The molecule has 0 radical (unpaired) electrons. The molecule has 142 valence electrons. The zero-order valence-corrected chi connectivity index (χ0v) is 16.4. The van der Waals surface area contributed by atoms with Crippen LogP contribution in [0.25, 0.3) is 0 Å². The zero-order chi connectivity index (χ0) is 19.4. The lowest BCUT2D eigenvalue weighted by atomic mass is 10.1. The molecule has 0 bridgehead atoms. The second kappa shape index (κ2) is 8.44. The third kappa shape index (κ3) is 5.01. The lowest BCUT2D eigenvalue weighted by Gasteiger charge is -2.36. The summed E-state index contributed by atoms with van der Waals surface area (Å²) in [5.74, 6) is -0.410. The minimum atomic E-state index is -0.274. The number of amides is 2. The van der Waals surface area contributed by atoms with Crippen LogP contribution in [0.1, 0.15) is 17.5 Å². The maximum absolute atomic E-state index is 12.5. The number of rotatable bonds is 4. The first kappa shape index (κ1) is 19.2. The van der Waals surface area contributed by atoms with Gasteiger partial charge in [-0.25, -0.2) is 0 Å². The predicted octanol–water partition coefficient (Wildman–Crippen LogP) is 3.63.